The van der Waals surface area contributed by atoms with Gasteiger partial charge in [-0.15, -0.1) is 0 Å². The number of nitriles is 1. The Labute approximate surface area is 209 Å². The normalized spacial score (nSPS) is 21.7. The quantitative estimate of drug-likeness (QED) is 0.685. The summed E-state index contributed by atoms with van der Waals surface area (Å²) in [7, 11) is 1.62. The number of nitrogens with zero attached hydrogens (tertiary/aromatic N) is 3. The van der Waals surface area contributed by atoms with Gasteiger partial charge in [-0.25, -0.2) is 9.18 Å². The van der Waals surface area contributed by atoms with Gasteiger partial charge in [-0.1, -0.05) is 12.1 Å². The number of rotatable bonds is 5. The summed E-state index contributed by atoms with van der Waals surface area (Å²) in [6.45, 7) is 5.33. The molecule has 2 amide bonds. The van der Waals surface area contributed by atoms with Crippen molar-refractivity contribution in [3.63, 3.8) is 0 Å². The molecule has 1 aromatic heterocycles. The lowest BCUT2D eigenvalue weighted by Crippen LogP contribution is -2.55. The Balaban J connectivity index is 1.47. The number of likely N-dealkylation sites (tertiary alicyclic amines) is 1. The number of benzene rings is 1. The first kappa shape index (κ1) is 25.4. The van der Waals surface area contributed by atoms with Crippen LogP contribution in [0, 0.1) is 23.1 Å². The molecule has 2 aliphatic rings. The summed E-state index contributed by atoms with van der Waals surface area (Å²) in [5.41, 5.74) is 0.717. The van der Waals surface area contributed by atoms with E-state index in [0.29, 0.717) is 11.1 Å². The average Bonchev–Trinajstić information content (AvgIpc) is 3.42. The fourth-order valence-electron chi connectivity index (χ4n) is 5.17. The molecule has 2 bridgehead atoms. The summed E-state index contributed by atoms with van der Waals surface area (Å²) < 4.78 is 21.9. The van der Waals surface area contributed by atoms with Crippen LogP contribution >= 0.6 is 0 Å². The predicted molar refractivity (Wildman–Crippen MR) is 131 cm³/mol. The maximum atomic E-state index is 14.9. The molecule has 4 atom stereocenters. The molecule has 1 aromatic carbocycles. The molecule has 2 heterocycles. The van der Waals surface area contributed by atoms with Gasteiger partial charge in [-0.2, -0.15) is 5.26 Å². The molecule has 2 aromatic rings. The first-order chi connectivity index (χ1) is 17.0. The van der Waals surface area contributed by atoms with E-state index in [9.17, 15) is 24.0 Å². The Bertz CT molecular complexity index is 1280. The molecule has 1 N–H and O–H groups in total. The molecule has 0 radical (unpaired) electrons. The summed E-state index contributed by atoms with van der Waals surface area (Å²) in [5, 5.41) is 12.4. The minimum atomic E-state index is -0.963. The minimum Gasteiger partial charge on any atom is -0.444 e. The zero-order chi connectivity index (χ0) is 26.2. The Kier molecular flexibility index (Phi) is 6.90. The van der Waals surface area contributed by atoms with E-state index in [4.69, 9.17) is 4.74 Å². The maximum Gasteiger partial charge on any atom is 0.411 e. The molecule has 36 heavy (non-hydrogen) atoms. The van der Waals surface area contributed by atoms with Crippen LogP contribution in [0.5, 0.6) is 0 Å². The van der Waals surface area contributed by atoms with Gasteiger partial charge >= 0.3 is 6.09 Å². The smallest absolute Gasteiger partial charge is 0.411 e. The molecular weight excluding hydrogens is 463 g/mol. The molecule has 9 heteroatoms. The molecule has 4 rings (SSSR count). The van der Waals surface area contributed by atoms with Gasteiger partial charge in [0.15, 0.2) is 0 Å². The number of halogens is 1. The third-order valence-electron chi connectivity index (χ3n) is 6.83. The summed E-state index contributed by atoms with van der Waals surface area (Å²) >= 11 is 0. The Morgan fingerprint density at radius 2 is 1.94 bits per heavy atom. The summed E-state index contributed by atoms with van der Waals surface area (Å²) in [5.74, 6) is -0.910. The second kappa shape index (κ2) is 9.76. The first-order valence-corrected chi connectivity index (χ1v) is 12.1. The molecule has 1 saturated carbocycles. The number of fused-ring (bicyclic) bond motifs is 2. The van der Waals surface area contributed by atoms with Crippen LogP contribution in [0.3, 0.4) is 0 Å². The van der Waals surface area contributed by atoms with Crippen molar-refractivity contribution >= 4 is 12.0 Å². The molecule has 1 aliphatic heterocycles. The molecule has 1 aliphatic carbocycles. The van der Waals surface area contributed by atoms with E-state index in [-0.39, 0.29) is 29.5 Å². The zero-order valence-electron chi connectivity index (χ0n) is 21.0. The number of hydrogen-bond donors (Lipinski definition) is 1. The highest BCUT2D eigenvalue weighted by Gasteiger charge is 2.52. The largest absolute Gasteiger partial charge is 0.444 e. The highest BCUT2D eigenvalue weighted by Crippen LogP contribution is 2.43. The predicted octanol–water partition coefficient (Wildman–Crippen LogP) is 3.53. The van der Waals surface area contributed by atoms with Gasteiger partial charge in [0, 0.05) is 31.8 Å². The van der Waals surface area contributed by atoms with Crippen LogP contribution in [0.25, 0.3) is 11.1 Å². The third kappa shape index (κ3) is 5.27. The van der Waals surface area contributed by atoms with Crippen molar-refractivity contribution in [2.24, 2.45) is 13.0 Å². The SMILES string of the molecule is Cn1cc(-c2ccc(CC(C#N)NC(=O)C3C4CCC(C4)N3C(=O)OC(C)(C)C)c(F)c2)ccc1=O. The van der Waals surface area contributed by atoms with Crippen LogP contribution in [0.1, 0.15) is 45.6 Å². The number of aromatic nitrogens is 1. The van der Waals surface area contributed by atoms with E-state index in [0.717, 1.165) is 19.3 Å². The van der Waals surface area contributed by atoms with Crippen molar-refractivity contribution in [3.05, 3.63) is 58.3 Å². The molecule has 4 unspecified atom stereocenters. The second-order valence-electron chi connectivity index (χ2n) is 10.6. The minimum absolute atomic E-state index is 0.0136. The monoisotopic (exact) mass is 494 g/mol. The summed E-state index contributed by atoms with van der Waals surface area (Å²) in [6, 6.07) is 8.02. The number of nitrogens with one attached hydrogen (secondary N) is 1. The van der Waals surface area contributed by atoms with Gasteiger partial charge in [0.2, 0.25) is 11.5 Å². The molecular formula is C27H31FN4O4. The summed E-state index contributed by atoms with van der Waals surface area (Å²) in [6.07, 6.45) is 3.47. The lowest BCUT2D eigenvalue weighted by molar-refractivity contribution is -0.128. The van der Waals surface area contributed by atoms with Gasteiger partial charge in [0.1, 0.15) is 23.5 Å². The number of carbonyl (C=O) groups excluding carboxylic acids is 2. The van der Waals surface area contributed by atoms with Crippen molar-refractivity contribution < 1.29 is 18.7 Å². The zero-order valence-corrected chi connectivity index (χ0v) is 21.0. The van der Waals surface area contributed by atoms with Crippen LogP contribution in [0.2, 0.25) is 0 Å². The van der Waals surface area contributed by atoms with Crippen LogP contribution in [0.4, 0.5) is 9.18 Å². The average molecular weight is 495 g/mol. The molecule has 0 spiro atoms. The second-order valence-corrected chi connectivity index (χ2v) is 10.6. The van der Waals surface area contributed by atoms with E-state index in [1.807, 2.05) is 6.07 Å². The van der Waals surface area contributed by atoms with Gasteiger partial charge in [0.25, 0.3) is 0 Å². The van der Waals surface area contributed by atoms with E-state index in [1.54, 1.807) is 52.2 Å². The number of amides is 2. The van der Waals surface area contributed by atoms with Crippen molar-refractivity contribution in [2.45, 2.75) is 70.2 Å². The van der Waals surface area contributed by atoms with Crippen LogP contribution in [-0.2, 0) is 23.0 Å². The van der Waals surface area contributed by atoms with E-state index >= 15 is 0 Å². The molecule has 1 saturated heterocycles. The lowest BCUT2D eigenvalue weighted by atomic mass is 9.97. The lowest BCUT2D eigenvalue weighted by Gasteiger charge is -2.35. The number of hydrogen-bond acceptors (Lipinski definition) is 5. The van der Waals surface area contributed by atoms with E-state index < -0.39 is 35.5 Å². The van der Waals surface area contributed by atoms with Gasteiger partial charge < -0.3 is 14.6 Å². The van der Waals surface area contributed by atoms with E-state index in [2.05, 4.69) is 5.32 Å². The highest BCUT2D eigenvalue weighted by atomic mass is 19.1. The number of aryl methyl sites for hydroxylation is 1. The summed E-state index contributed by atoms with van der Waals surface area (Å²) in [4.78, 5) is 39.2. The number of piperidine rings is 1. The topological polar surface area (TPSA) is 104 Å². The van der Waals surface area contributed by atoms with Gasteiger partial charge in [-0.05, 0) is 74.8 Å². The standard InChI is InChI=1S/C27H31FN4O4/c1-27(2,3)36-26(35)32-21-9-7-18(12-21)24(32)25(34)30-20(14-29)11-17-6-5-16(13-22(17)28)19-8-10-23(33)31(4)15-19/h5-6,8,10,13,15,18,20-21,24H,7,9,11-12H2,1-4H3,(H,30,34). The Hall–Kier alpha value is -3.67. The number of carbonyl (C=O) groups is 2. The van der Waals surface area contributed by atoms with Crippen molar-refractivity contribution in [1.29, 1.82) is 5.26 Å². The third-order valence-corrected chi connectivity index (χ3v) is 6.83. The maximum absolute atomic E-state index is 14.9. The van der Waals surface area contributed by atoms with Gasteiger partial charge in [-0.3, -0.25) is 14.5 Å². The van der Waals surface area contributed by atoms with Crippen molar-refractivity contribution in [3.8, 4) is 17.2 Å². The van der Waals surface area contributed by atoms with Crippen LogP contribution in [0.15, 0.2) is 41.3 Å². The Morgan fingerprint density at radius 3 is 2.58 bits per heavy atom. The molecule has 190 valence electrons. The van der Waals surface area contributed by atoms with Crippen molar-refractivity contribution in [1.82, 2.24) is 14.8 Å². The number of pyridine rings is 1. The first-order valence-electron chi connectivity index (χ1n) is 12.1. The highest BCUT2D eigenvalue weighted by molar-refractivity contribution is 5.87. The van der Waals surface area contributed by atoms with Crippen LogP contribution in [-0.4, -0.2) is 45.2 Å². The number of ether oxygens (including phenoxy) is 1. The molecule has 8 nitrogen and oxygen atoms in total. The van der Waals surface area contributed by atoms with Crippen molar-refractivity contribution in [2.75, 3.05) is 0 Å². The van der Waals surface area contributed by atoms with E-state index in [1.165, 1.54) is 21.6 Å². The fraction of sp³-hybridized carbons (Fsp3) is 0.481. The van der Waals surface area contributed by atoms with Gasteiger partial charge in [0.05, 0.1) is 6.07 Å². The Morgan fingerprint density at radius 1 is 1.22 bits per heavy atom. The molecule has 2 fully saturated rings. The van der Waals surface area contributed by atoms with Crippen LogP contribution < -0.4 is 10.9 Å². The fourth-order valence-corrected chi connectivity index (χ4v) is 5.17.